The molecule has 1 saturated heterocycles. The third-order valence-electron chi connectivity index (χ3n) is 4.13. The maximum atomic E-state index is 12.1. The van der Waals surface area contributed by atoms with Crippen LogP contribution in [0.15, 0.2) is 18.3 Å². The fourth-order valence-electron chi connectivity index (χ4n) is 2.45. The molecular formula is C15H23N3O3S. The lowest BCUT2D eigenvalue weighted by atomic mass is 10.2. The number of nitrogens with one attached hydrogen (secondary N) is 1. The molecule has 2 unspecified atom stereocenters. The molecule has 1 aliphatic heterocycles. The monoisotopic (exact) mass is 325 g/mol. The molecule has 0 aliphatic carbocycles. The van der Waals surface area contributed by atoms with Gasteiger partial charge in [-0.1, -0.05) is 6.92 Å². The molecule has 1 aliphatic rings. The molecule has 0 saturated carbocycles. The van der Waals surface area contributed by atoms with Gasteiger partial charge in [-0.15, -0.1) is 0 Å². The molecule has 122 valence electrons. The van der Waals surface area contributed by atoms with Crippen LogP contribution in [0.5, 0.6) is 0 Å². The SMILES string of the molecule is CCC(C)NC(=O)c1cc(N(C)C2CCS(=O)(=O)C2)ccn1. The normalized spacial score (nSPS) is 21.3. The molecule has 1 aromatic heterocycles. The van der Waals surface area contributed by atoms with Crippen molar-refractivity contribution < 1.29 is 13.2 Å². The summed E-state index contributed by atoms with van der Waals surface area (Å²) >= 11 is 0. The molecule has 1 aromatic rings. The summed E-state index contributed by atoms with van der Waals surface area (Å²) in [6.45, 7) is 3.94. The van der Waals surface area contributed by atoms with Crippen LogP contribution in [0.25, 0.3) is 0 Å². The molecule has 0 spiro atoms. The second-order valence-corrected chi connectivity index (χ2v) is 8.08. The van der Waals surface area contributed by atoms with Crippen LogP contribution in [-0.4, -0.2) is 49.9 Å². The van der Waals surface area contributed by atoms with Gasteiger partial charge in [0.25, 0.3) is 5.91 Å². The minimum atomic E-state index is -2.93. The topological polar surface area (TPSA) is 79.4 Å². The summed E-state index contributed by atoms with van der Waals surface area (Å²) in [4.78, 5) is 18.2. The summed E-state index contributed by atoms with van der Waals surface area (Å²) in [6.07, 6.45) is 3.06. The van der Waals surface area contributed by atoms with Crippen LogP contribution < -0.4 is 10.2 Å². The van der Waals surface area contributed by atoms with Crippen LogP contribution in [0.4, 0.5) is 5.69 Å². The first-order valence-corrected chi connectivity index (χ1v) is 9.34. The number of aromatic nitrogens is 1. The van der Waals surface area contributed by atoms with E-state index >= 15 is 0 Å². The van der Waals surface area contributed by atoms with Gasteiger partial charge in [0.1, 0.15) is 5.69 Å². The van der Waals surface area contributed by atoms with Gasteiger partial charge in [0.15, 0.2) is 9.84 Å². The molecule has 1 amide bonds. The number of rotatable bonds is 5. The summed E-state index contributed by atoms with van der Waals surface area (Å²) in [6, 6.07) is 3.56. The van der Waals surface area contributed by atoms with E-state index in [1.807, 2.05) is 25.8 Å². The van der Waals surface area contributed by atoms with E-state index in [2.05, 4.69) is 10.3 Å². The fourth-order valence-corrected chi connectivity index (χ4v) is 4.23. The van der Waals surface area contributed by atoms with E-state index in [9.17, 15) is 13.2 Å². The highest BCUT2D eigenvalue weighted by atomic mass is 32.2. The molecule has 7 heteroatoms. The summed E-state index contributed by atoms with van der Waals surface area (Å²) in [7, 11) is -1.07. The van der Waals surface area contributed by atoms with Crippen LogP contribution in [0.2, 0.25) is 0 Å². The first-order valence-electron chi connectivity index (χ1n) is 7.52. The van der Waals surface area contributed by atoms with Gasteiger partial charge in [-0.2, -0.15) is 0 Å². The molecular weight excluding hydrogens is 302 g/mol. The Morgan fingerprint density at radius 3 is 2.86 bits per heavy atom. The van der Waals surface area contributed by atoms with Crippen LogP contribution in [0, 0.1) is 0 Å². The van der Waals surface area contributed by atoms with Gasteiger partial charge in [-0.05, 0) is 31.9 Å². The number of pyridine rings is 1. The lowest BCUT2D eigenvalue weighted by Gasteiger charge is -2.25. The number of amides is 1. The third-order valence-corrected chi connectivity index (χ3v) is 5.88. The Bertz CT molecular complexity index is 645. The van der Waals surface area contributed by atoms with Crippen LogP contribution in [0.1, 0.15) is 37.2 Å². The first kappa shape index (κ1) is 16.7. The maximum Gasteiger partial charge on any atom is 0.270 e. The molecule has 2 rings (SSSR count). The Kier molecular flexibility index (Phi) is 5.05. The molecule has 1 N–H and O–H groups in total. The Morgan fingerprint density at radius 1 is 1.55 bits per heavy atom. The van der Waals surface area contributed by atoms with Gasteiger partial charge in [-0.3, -0.25) is 9.78 Å². The number of nitrogens with zero attached hydrogens (tertiary/aromatic N) is 2. The average Bonchev–Trinajstić information content (AvgIpc) is 2.86. The van der Waals surface area contributed by atoms with Crippen molar-refractivity contribution in [2.75, 3.05) is 23.5 Å². The number of hydrogen-bond acceptors (Lipinski definition) is 5. The standard InChI is InChI=1S/C15H23N3O3S/c1-4-11(2)17-15(19)14-9-12(5-7-16-14)18(3)13-6-8-22(20,21)10-13/h5,7,9,11,13H,4,6,8,10H2,1-3H3,(H,17,19). The summed E-state index contributed by atoms with van der Waals surface area (Å²) in [5.41, 5.74) is 1.16. The van der Waals surface area contributed by atoms with Crippen molar-refractivity contribution in [2.24, 2.45) is 0 Å². The first-order chi connectivity index (χ1) is 10.3. The van der Waals surface area contributed by atoms with Gasteiger partial charge in [-0.25, -0.2) is 8.42 Å². The van der Waals surface area contributed by atoms with Crippen molar-refractivity contribution in [2.45, 2.75) is 38.8 Å². The zero-order chi connectivity index (χ0) is 16.3. The maximum absolute atomic E-state index is 12.1. The van der Waals surface area contributed by atoms with Crippen molar-refractivity contribution >= 4 is 21.4 Å². The Balaban J connectivity index is 2.13. The van der Waals surface area contributed by atoms with Crippen molar-refractivity contribution in [3.05, 3.63) is 24.0 Å². The number of hydrogen-bond donors (Lipinski definition) is 1. The zero-order valence-corrected chi connectivity index (χ0v) is 14.1. The van der Waals surface area contributed by atoms with Crippen LogP contribution in [0.3, 0.4) is 0 Å². The molecule has 22 heavy (non-hydrogen) atoms. The smallest absolute Gasteiger partial charge is 0.270 e. The zero-order valence-electron chi connectivity index (χ0n) is 13.2. The molecule has 0 radical (unpaired) electrons. The summed E-state index contributed by atoms with van der Waals surface area (Å²) in [5, 5.41) is 2.88. The highest BCUT2D eigenvalue weighted by molar-refractivity contribution is 7.91. The molecule has 6 nitrogen and oxygen atoms in total. The fraction of sp³-hybridized carbons (Fsp3) is 0.600. The van der Waals surface area contributed by atoms with Crippen molar-refractivity contribution in [1.29, 1.82) is 0 Å². The number of carbonyl (C=O) groups excluding carboxylic acids is 1. The highest BCUT2D eigenvalue weighted by Crippen LogP contribution is 2.23. The van der Waals surface area contributed by atoms with E-state index in [4.69, 9.17) is 0 Å². The second kappa shape index (κ2) is 6.64. The molecule has 2 atom stereocenters. The van der Waals surface area contributed by atoms with Gasteiger partial charge < -0.3 is 10.2 Å². The third kappa shape index (κ3) is 3.97. The summed E-state index contributed by atoms with van der Waals surface area (Å²) in [5.74, 6) is 0.193. The van der Waals surface area contributed by atoms with E-state index in [-0.39, 0.29) is 29.5 Å². The van der Waals surface area contributed by atoms with Gasteiger partial charge >= 0.3 is 0 Å². The molecule has 0 aromatic carbocycles. The van der Waals surface area contributed by atoms with Crippen LogP contribution in [-0.2, 0) is 9.84 Å². The predicted octanol–water partition coefficient (Wildman–Crippen LogP) is 1.23. The van der Waals surface area contributed by atoms with E-state index in [1.165, 1.54) is 0 Å². The van der Waals surface area contributed by atoms with E-state index < -0.39 is 9.84 Å². The van der Waals surface area contributed by atoms with Gasteiger partial charge in [0, 0.05) is 31.0 Å². The highest BCUT2D eigenvalue weighted by Gasteiger charge is 2.31. The Labute approximate surface area is 131 Å². The minimum Gasteiger partial charge on any atom is -0.370 e. The van der Waals surface area contributed by atoms with Crippen LogP contribution >= 0.6 is 0 Å². The molecule has 0 bridgehead atoms. The minimum absolute atomic E-state index is 0.0436. The molecule has 1 fully saturated rings. The van der Waals surface area contributed by atoms with Crippen molar-refractivity contribution in [1.82, 2.24) is 10.3 Å². The van der Waals surface area contributed by atoms with E-state index in [1.54, 1.807) is 18.3 Å². The largest absolute Gasteiger partial charge is 0.370 e. The molecule has 2 heterocycles. The second-order valence-electron chi connectivity index (χ2n) is 5.85. The van der Waals surface area contributed by atoms with E-state index in [0.717, 1.165) is 12.1 Å². The van der Waals surface area contributed by atoms with Crippen molar-refractivity contribution in [3.8, 4) is 0 Å². The lowest BCUT2D eigenvalue weighted by molar-refractivity contribution is 0.0934. The summed E-state index contributed by atoms with van der Waals surface area (Å²) < 4.78 is 23.2. The Morgan fingerprint density at radius 2 is 2.27 bits per heavy atom. The van der Waals surface area contributed by atoms with E-state index in [0.29, 0.717) is 12.1 Å². The quantitative estimate of drug-likeness (QED) is 0.881. The lowest BCUT2D eigenvalue weighted by Crippen LogP contribution is -2.34. The number of carbonyl (C=O) groups is 1. The average molecular weight is 325 g/mol. The van der Waals surface area contributed by atoms with Gasteiger partial charge in [0.2, 0.25) is 0 Å². The Hall–Kier alpha value is -1.63. The number of sulfone groups is 1. The van der Waals surface area contributed by atoms with Gasteiger partial charge in [0.05, 0.1) is 11.5 Å². The predicted molar refractivity (Wildman–Crippen MR) is 86.9 cm³/mol. The number of anilines is 1. The van der Waals surface area contributed by atoms with Crippen molar-refractivity contribution in [3.63, 3.8) is 0 Å².